The van der Waals surface area contributed by atoms with Gasteiger partial charge in [0.2, 0.25) is 5.90 Å². The Hall–Kier alpha value is -2.84. The second-order valence-electron chi connectivity index (χ2n) is 7.15. The highest BCUT2D eigenvalue weighted by atomic mass is 127. The van der Waals surface area contributed by atoms with E-state index in [1.165, 1.54) is 12.7 Å². The van der Waals surface area contributed by atoms with Gasteiger partial charge < -0.3 is 14.2 Å². The van der Waals surface area contributed by atoms with E-state index in [1.54, 1.807) is 18.2 Å². The first-order chi connectivity index (χ1) is 15.4. The van der Waals surface area contributed by atoms with Crippen LogP contribution in [0.3, 0.4) is 0 Å². The quantitative estimate of drug-likeness (QED) is 0.205. The molecule has 0 saturated heterocycles. The lowest BCUT2D eigenvalue weighted by molar-refractivity contribution is -0.129. The lowest BCUT2D eigenvalue weighted by Gasteiger charge is -2.13. The molecule has 0 aliphatic carbocycles. The van der Waals surface area contributed by atoms with E-state index >= 15 is 0 Å². The molecule has 5 nitrogen and oxygen atoms in total. The lowest BCUT2D eigenvalue weighted by atomic mass is 10.1. The van der Waals surface area contributed by atoms with E-state index in [9.17, 15) is 4.79 Å². The molecule has 0 bridgehead atoms. The van der Waals surface area contributed by atoms with E-state index in [4.69, 9.17) is 25.8 Å². The molecule has 3 aromatic rings. The average Bonchev–Trinajstić information content (AvgIpc) is 3.14. The van der Waals surface area contributed by atoms with Crippen molar-refractivity contribution in [1.82, 2.24) is 0 Å². The predicted octanol–water partition coefficient (Wildman–Crippen LogP) is 6.19. The number of ether oxygens (including phenoxy) is 3. The van der Waals surface area contributed by atoms with Gasteiger partial charge in [0.1, 0.15) is 6.61 Å². The van der Waals surface area contributed by atoms with Gasteiger partial charge in [-0.2, -0.15) is 0 Å². The summed E-state index contributed by atoms with van der Waals surface area (Å²) >= 11 is 8.69. The number of methoxy groups -OCH3 is 1. The van der Waals surface area contributed by atoms with E-state index in [1.807, 2.05) is 55.5 Å². The number of halogens is 2. The minimum Gasteiger partial charge on any atom is -0.493 e. The van der Waals surface area contributed by atoms with Gasteiger partial charge in [0.05, 0.1) is 12.1 Å². The Morgan fingerprint density at radius 1 is 1.09 bits per heavy atom. The largest absolute Gasteiger partial charge is 0.493 e. The highest BCUT2D eigenvalue weighted by molar-refractivity contribution is 14.1. The second-order valence-corrected chi connectivity index (χ2v) is 8.80. The van der Waals surface area contributed by atoms with Crippen LogP contribution < -0.4 is 9.47 Å². The maximum atomic E-state index is 12.3. The number of rotatable bonds is 6. The summed E-state index contributed by atoms with van der Waals surface area (Å²) in [6.45, 7) is 2.39. The molecule has 7 heteroatoms. The van der Waals surface area contributed by atoms with Crippen LogP contribution in [-0.4, -0.2) is 19.0 Å². The second kappa shape index (κ2) is 9.75. The van der Waals surface area contributed by atoms with Gasteiger partial charge in [0, 0.05) is 9.13 Å². The summed E-state index contributed by atoms with van der Waals surface area (Å²) in [6, 6.07) is 19.1. The number of aryl methyl sites for hydroxylation is 1. The van der Waals surface area contributed by atoms with Crippen molar-refractivity contribution in [1.29, 1.82) is 0 Å². The van der Waals surface area contributed by atoms with Crippen LogP contribution in [0, 0.1) is 10.5 Å². The molecule has 0 radical (unpaired) electrons. The number of aliphatic imine (C=N–C) groups is 1. The number of nitrogens with zero attached hydrogens (tertiary/aromatic N) is 1. The zero-order chi connectivity index (χ0) is 22.7. The van der Waals surface area contributed by atoms with Crippen LogP contribution in [-0.2, 0) is 16.1 Å². The SMILES string of the molecule is COc1cc(/C=C2\N=C(c3ccc(I)cc3)OC2=O)cc(Cl)c1OCc1ccc(C)cc1. The van der Waals surface area contributed by atoms with Crippen molar-refractivity contribution in [3.05, 3.63) is 97.2 Å². The van der Waals surface area contributed by atoms with Gasteiger partial charge >= 0.3 is 5.97 Å². The summed E-state index contributed by atoms with van der Waals surface area (Å²) in [5.41, 5.74) is 3.77. The van der Waals surface area contributed by atoms with Crippen molar-refractivity contribution < 1.29 is 19.0 Å². The highest BCUT2D eigenvalue weighted by Crippen LogP contribution is 2.38. The zero-order valence-electron chi connectivity index (χ0n) is 17.4. The molecule has 32 heavy (non-hydrogen) atoms. The van der Waals surface area contributed by atoms with Crippen molar-refractivity contribution in [2.75, 3.05) is 7.11 Å². The van der Waals surface area contributed by atoms with Gasteiger partial charge in [-0.1, -0.05) is 41.4 Å². The molecule has 0 amide bonds. The van der Waals surface area contributed by atoms with Crippen molar-refractivity contribution in [3.63, 3.8) is 0 Å². The first-order valence-electron chi connectivity index (χ1n) is 9.77. The smallest absolute Gasteiger partial charge is 0.363 e. The number of benzene rings is 3. The minimum atomic E-state index is -0.520. The van der Waals surface area contributed by atoms with E-state index < -0.39 is 5.97 Å². The average molecular weight is 560 g/mol. The van der Waals surface area contributed by atoms with E-state index in [2.05, 4.69) is 27.6 Å². The normalized spacial score (nSPS) is 14.3. The molecular weight excluding hydrogens is 541 g/mol. The zero-order valence-corrected chi connectivity index (χ0v) is 20.3. The topological polar surface area (TPSA) is 57.1 Å². The molecule has 1 heterocycles. The third-order valence-electron chi connectivity index (χ3n) is 4.77. The molecule has 0 spiro atoms. The van der Waals surface area contributed by atoms with Gasteiger partial charge in [-0.05, 0) is 83.1 Å². The van der Waals surface area contributed by atoms with Crippen LogP contribution in [0.4, 0.5) is 0 Å². The highest BCUT2D eigenvalue weighted by Gasteiger charge is 2.24. The number of hydrogen-bond acceptors (Lipinski definition) is 5. The lowest BCUT2D eigenvalue weighted by Crippen LogP contribution is -2.05. The first-order valence-corrected chi connectivity index (χ1v) is 11.2. The molecule has 0 atom stereocenters. The van der Waals surface area contributed by atoms with Crippen LogP contribution in [0.15, 0.2) is 71.4 Å². The maximum absolute atomic E-state index is 12.3. The van der Waals surface area contributed by atoms with Crippen LogP contribution in [0.1, 0.15) is 22.3 Å². The Morgan fingerprint density at radius 2 is 1.81 bits per heavy atom. The van der Waals surface area contributed by atoms with Crippen molar-refractivity contribution in [3.8, 4) is 11.5 Å². The molecule has 0 fully saturated rings. The monoisotopic (exact) mass is 559 g/mol. The fraction of sp³-hybridized carbons (Fsp3) is 0.120. The third kappa shape index (κ3) is 5.14. The summed E-state index contributed by atoms with van der Waals surface area (Å²) in [7, 11) is 1.54. The summed E-state index contributed by atoms with van der Waals surface area (Å²) in [5, 5.41) is 0.372. The Labute approximate surface area is 204 Å². The molecule has 0 unspecified atom stereocenters. The molecule has 0 saturated carbocycles. The van der Waals surface area contributed by atoms with Crippen LogP contribution in [0.25, 0.3) is 6.08 Å². The Kier molecular flexibility index (Phi) is 6.81. The Balaban J connectivity index is 1.58. The summed E-state index contributed by atoms with van der Waals surface area (Å²) in [4.78, 5) is 16.7. The van der Waals surface area contributed by atoms with Gasteiger partial charge in [0.25, 0.3) is 0 Å². The first kappa shape index (κ1) is 22.4. The number of carbonyl (C=O) groups excluding carboxylic acids is 1. The van der Waals surface area contributed by atoms with Gasteiger partial charge in [0.15, 0.2) is 17.2 Å². The summed E-state index contributed by atoms with van der Waals surface area (Å²) < 4.78 is 17.8. The van der Waals surface area contributed by atoms with Crippen molar-refractivity contribution in [2.24, 2.45) is 4.99 Å². The number of carbonyl (C=O) groups is 1. The molecular formula is C25H19ClINO4. The van der Waals surface area contributed by atoms with Crippen molar-refractivity contribution >= 4 is 52.1 Å². The summed E-state index contributed by atoms with van der Waals surface area (Å²) in [6.07, 6.45) is 1.61. The number of hydrogen-bond donors (Lipinski definition) is 0. The van der Waals surface area contributed by atoms with Crippen LogP contribution in [0.5, 0.6) is 11.5 Å². The van der Waals surface area contributed by atoms with Crippen molar-refractivity contribution in [2.45, 2.75) is 13.5 Å². The maximum Gasteiger partial charge on any atom is 0.363 e. The molecule has 0 aromatic heterocycles. The Morgan fingerprint density at radius 3 is 2.50 bits per heavy atom. The van der Waals surface area contributed by atoms with E-state index in [0.29, 0.717) is 28.7 Å². The molecule has 0 N–H and O–H groups in total. The number of esters is 1. The Bertz CT molecular complexity index is 1220. The van der Waals surface area contributed by atoms with Gasteiger partial charge in [-0.25, -0.2) is 9.79 Å². The molecule has 1 aliphatic rings. The van der Waals surface area contributed by atoms with Gasteiger partial charge in [-0.3, -0.25) is 0 Å². The molecule has 1 aliphatic heterocycles. The van der Waals surface area contributed by atoms with Gasteiger partial charge in [-0.15, -0.1) is 0 Å². The van der Waals surface area contributed by atoms with Crippen LogP contribution >= 0.6 is 34.2 Å². The van der Waals surface area contributed by atoms with E-state index in [0.717, 1.165) is 14.7 Å². The minimum absolute atomic E-state index is 0.185. The molecule has 162 valence electrons. The van der Waals surface area contributed by atoms with Crippen LogP contribution in [0.2, 0.25) is 5.02 Å². The van der Waals surface area contributed by atoms with E-state index in [-0.39, 0.29) is 11.6 Å². The third-order valence-corrected chi connectivity index (χ3v) is 5.77. The fourth-order valence-electron chi connectivity index (χ4n) is 3.09. The molecule has 3 aromatic carbocycles. The fourth-order valence-corrected chi connectivity index (χ4v) is 3.72. The number of cyclic esters (lactones) is 1. The summed E-state index contributed by atoms with van der Waals surface area (Å²) in [5.74, 6) is 0.653. The standard InChI is InChI=1S/C25H19ClINO4/c1-15-3-5-16(6-4-15)14-31-23-20(26)11-17(13-22(23)30-2)12-21-25(29)32-24(28-21)18-7-9-19(27)10-8-18/h3-13H,14H2,1-2H3/b21-12-. The molecule has 4 rings (SSSR count). The predicted molar refractivity (Wildman–Crippen MR) is 133 cm³/mol.